The molecule has 1 aromatic heterocycles. The smallest absolute Gasteiger partial charge is 0.437 e. The molecule has 6 heteroatoms. The standard InChI is InChI=1S/C12H13ClN2O3/c1-7(2)17-10-5-4-8(6-9(10)13)11-14-15(3)12(16)18-11/h4-7H,1-3H3. The zero-order chi connectivity index (χ0) is 13.3. The van der Waals surface area contributed by atoms with E-state index >= 15 is 0 Å². The van der Waals surface area contributed by atoms with Crippen LogP contribution < -0.4 is 10.5 Å². The van der Waals surface area contributed by atoms with E-state index in [0.717, 1.165) is 4.68 Å². The van der Waals surface area contributed by atoms with Crippen LogP contribution in [0.5, 0.6) is 5.75 Å². The fourth-order valence-corrected chi connectivity index (χ4v) is 1.67. The van der Waals surface area contributed by atoms with Crippen molar-refractivity contribution in [3.63, 3.8) is 0 Å². The van der Waals surface area contributed by atoms with Crippen LogP contribution in [-0.2, 0) is 7.05 Å². The van der Waals surface area contributed by atoms with E-state index in [1.54, 1.807) is 18.2 Å². The molecular weight excluding hydrogens is 256 g/mol. The van der Waals surface area contributed by atoms with Crippen molar-refractivity contribution in [1.82, 2.24) is 9.78 Å². The fraction of sp³-hybridized carbons (Fsp3) is 0.333. The highest BCUT2D eigenvalue weighted by molar-refractivity contribution is 6.32. The summed E-state index contributed by atoms with van der Waals surface area (Å²) >= 11 is 6.09. The van der Waals surface area contributed by atoms with Crippen LogP contribution in [0.25, 0.3) is 11.5 Å². The highest BCUT2D eigenvalue weighted by Gasteiger charge is 2.11. The van der Waals surface area contributed by atoms with E-state index in [2.05, 4.69) is 5.10 Å². The summed E-state index contributed by atoms with van der Waals surface area (Å²) in [7, 11) is 1.52. The van der Waals surface area contributed by atoms with Gasteiger partial charge in [0, 0.05) is 12.6 Å². The van der Waals surface area contributed by atoms with Crippen LogP contribution in [0.15, 0.2) is 27.4 Å². The summed E-state index contributed by atoms with van der Waals surface area (Å²) in [4.78, 5) is 11.2. The molecule has 0 saturated heterocycles. The summed E-state index contributed by atoms with van der Waals surface area (Å²) in [6.45, 7) is 3.84. The number of hydrogen-bond acceptors (Lipinski definition) is 4. The number of rotatable bonds is 3. The van der Waals surface area contributed by atoms with Crippen molar-refractivity contribution in [3.05, 3.63) is 33.8 Å². The van der Waals surface area contributed by atoms with Gasteiger partial charge >= 0.3 is 5.76 Å². The number of aromatic nitrogens is 2. The van der Waals surface area contributed by atoms with Gasteiger partial charge in [-0.15, -0.1) is 5.10 Å². The Hall–Kier alpha value is -1.75. The summed E-state index contributed by atoms with van der Waals surface area (Å²) in [6, 6.07) is 5.13. The molecule has 1 heterocycles. The van der Waals surface area contributed by atoms with Gasteiger partial charge in [0.05, 0.1) is 11.1 Å². The molecule has 0 aliphatic heterocycles. The molecule has 0 fully saturated rings. The van der Waals surface area contributed by atoms with E-state index in [1.165, 1.54) is 7.05 Å². The Morgan fingerprint density at radius 3 is 2.67 bits per heavy atom. The van der Waals surface area contributed by atoms with Crippen molar-refractivity contribution < 1.29 is 9.15 Å². The molecular formula is C12H13ClN2O3. The average Bonchev–Trinajstić information content (AvgIpc) is 2.62. The zero-order valence-electron chi connectivity index (χ0n) is 10.3. The predicted octanol–water partition coefficient (Wildman–Crippen LogP) is 2.48. The highest BCUT2D eigenvalue weighted by atomic mass is 35.5. The lowest BCUT2D eigenvalue weighted by molar-refractivity contribution is 0.242. The number of hydrogen-bond donors (Lipinski definition) is 0. The summed E-state index contributed by atoms with van der Waals surface area (Å²) < 4.78 is 11.6. The molecule has 0 radical (unpaired) electrons. The molecule has 18 heavy (non-hydrogen) atoms. The summed E-state index contributed by atoms with van der Waals surface area (Å²) in [5.74, 6) is 0.317. The molecule has 0 saturated carbocycles. The maximum Gasteiger partial charge on any atom is 0.437 e. The third-order valence-electron chi connectivity index (χ3n) is 2.23. The van der Waals surface area contributed by atoms with Gasteiger partial charge in [-0.3, -0.25) is 0 Å². The fourth-order valence-electron chi connectivity index (χ4n) is 1.45. The Bertz CT molecular complexity index is 616. The molecule has 0 N–H and O–H groups in total. The number of ether oxygens (including phenoxy) is 1. The van der Waals surface area contributed by atoms with Gasteiger partial charge in [0.1, 0.15) is 5.75 Å². The van der Waals surface area contributed by atoms with Crippen molar-refractivity contribution >= 4 is 11.6 Å². The summed E-state index contributed by atoms with van der Waals surface area (Å²) in [5, 5.41) is 4.40. The molecule has 0 atom stereocenters. The molecule has 0 spiro atoms. The van der Waals surface area contributed by atoms with Crippen LogP contribution in [0.2, 0.25) is 5.02 Å². The molecule has 0 bridgehead atoms. The molecule has 2 aromatic rings. The maximum absolute atomic E-state index is 11.2. The van der Waals surface area contributed by atoms with Gasteiger partial charge < -0.3 is 9.15 Å². The van der Waals surface area contributed by atoms with E-state index in [1.807, 2.05) is 13.8 Å². The average molecular weight is 269 g/mol. The Labute approximate surface area is 109 Å². The second-order valence-corrected chi connectivity index (χ2v) is 4.52. The van der Waals surface area contributed by atoms with Crippen LogP contribution in [-0.4, -0.2) is 15.9 Å². The third kappa shape index (κ3) is 2.56. The predicted molar refractivity (Wildman–Crippen MR) is 68.0 cm³/mol. The van der Waals surface area contributed by atoms with Crippen LogP contribution in [0.4, 0.5) is 0 Å². The second kappa shape index (κ2) is 4.86. The van der Waals surface area contributed by atoms with Gasteiger partial charge in [0.15, 0.2) is 0 Å². The molecule has 0 unspecified atom stereocenters. The minimum Gasteiger partial charge on any atom is -0.489 e. The Kier molecular flexibility index (Phi) is 3.43. The largest absolute Gasteiger partial charge is 0.489 e. The first-order chi connectivity index (χ1) is 8.47. The first-order valence-electron chi connectivity index (χ1n) is 5.48. The van der Waals surface area contributed by atoms with Gasteiger partial charge in [-0.1, -0.05) is 11.6 Å². The minimum absolute atomic E-state index is 0.0427. The van der Waals surface area contributed by atoms with Gasteiger partial charge in [0.25, 0.3) is 0 Å². The first-order valence-corrected chi connectivity index (χ1v) is 5.86. The van der Waals surface area contributed by atoms with Crippen LogP contribution in [0.3, 0.4) is 0 Å². The van der Waals surface area contributed by atoms with E-state index in [4.69, 9.17) is 20.8 Å². The third-order valence-corrected chi connectivity index (χ3v) is 2.53. The molecule has 0 amide bonds. The molecule has 5 nitrogen and oxygen atoms in total. The van der Waals surface area contributed by atoms with Gasteiger partial charge in [-0.25, -0.2) is 4.79 Å². The van der Waals surface area contributed by atoms with Crippen molar-refractivity contribution in [2.24, 2.45) is 7.05 Å². The van der Waals surface area contributed by atoms with Crippen LogP contribution in [0, 0.1) is 0 Å². The minimum atomic E-state index is -0.511. The van der Waals surface area contributed by atoms with Crippen molar-refractivity contribution in [3.8, 4) is 17.2 Å². The molecule has 1 aromatic carbocycles. The normalized spacial score (nSPS) is 10.9. The van der Waals surface area contributed by atoms with E-state index < -0.39 is 5.76 Å². The monoisotopic (exact) mass is 268 g/mol. The van der Waals surface area contributed by atoms with Crippen LogP contribution >= 0.6 is 11.6 Å². The van der Waals surface area contributed by atoms with Crippen molar-refractivity contribution in [1.29, 1.82) is 0 Å². The Morgan fingerprint density at radius 2 is 2.17 bits per heavy atom. The van der Waals surface area contributed by atoms with Gasteiger partial charge in [0.2, 0.25) is 5.89 Å². The number of aryl methyl sites for hydroxylation is 1. The number of halogens is 1. The molecule has 2 rings (SSSR count). The zero-order valence-corrected chi connectivity index (χ0v) is 11.1. The molecule has 0 aliphatic rings. The first kappa shape index (κ1) is 12.7. The van der Waals surface area contributed by atoms with Crippen LogP contribution in [0.1, 0.15) is 13.8 Å². The van der Waals surface area contributed by atoms with E-state index in [0.29, 0.717) is 16.3 Å². The molecule has 0 aliphatic carbocycles. The quantitative estimate of drug-likeness (QED) is 0.858. The summed E-state index contributed by atoms with van der Waals surface area (Å²) in [5.41, 5.74) is 0.633. The SMILES string of the molecule is CC(C)Oc1ccc(-c2nn(C)c(=O)o2)cc1Cl. The van der Waals surface area contributed by atoms with Gasteiger partial charge in [-0.2, -0.15) is 4.68 Å². The Morgan fingerprint density at radius 1 is 1.44 bits per heavy atom. The van der Waals surface area contributed by atoms with Crippen molar-refractivity contribution in [2.75, 3.05) is 0 Å². The van der Waals surface area contributed by atoms with E-state index in [-0.39, 0.29) is 12.0 Å². The second-order valence-electron chi connectivity index (χ2n) is 4.11. The number of nitrogens with zero attached hydrogens (tertiary/aromatic N) is 2. The van der Waals surface area contributed by atoms with Crippen molar-refractivity contribution in [2.45, 2.75) is 20.0 Å². The lowest BCUT2D eigenvalue weighted by atomic mass is 10.2. The van der Waals surface area contributed by atoms with E-state index in [9.17, 15) is 4.79 Å². The lowest BCUT2D eigenvalue weighted by Gasteiger charge is -2.11. The Balaban J connectivity index is 2.36. The topological polar surface area (TPSA) is 57.3 Å². The molecule has 96 valence electrons. The number of benzene rings is 1. The highest BCUT2D eigenvalue weighted by Crippen LogP contribution is 2.29. The van der Waals surface area contributed by atoms with Gasteiger partial charge in [-0.05, 0) is 32.0 Å². The summed E-state index contributed by atoms with van der Waals surface area (Å²) in [6.07, 6.45) is 0.0427. The maximum atomic E-state index is 11.2. The lowest BCUT2D eigenvalue weighted by Crippen LogP contribution is -2.09.